The van der Waals surface area contributed by atoms with Crippen LogP contribution in [-0.4, -0.2) is 21.4 Å². The van der Waals surface area contributed by atoms with Gasteiger partial charge < -0.3 is 15.2 Å². The predicted octanol–water partition coefficient (Wildman–Crippen LogP) is 4.18. The maximum atomic E-state index is 13.9. The third-order valence-electron chi connectivity index (χ3n) is 4.98. The number of benzene rings is 2. The monoisotopic (exact) mass is 495 g/mol. The average Bonchev–Trinajstić information content (AvgIpc) is 3.11. The summed E-state index contributed by atoms with van der Waals surface area (Å²) in [6.45, 7) is -0.372. The fraction of sp³-hybridized carbons (Fsp3) is 0.143. The highest BCUT2D eigenvalue weighted by Crippen LogP contribution is 2.36. The third kappa shape index (κ3) is 4.29. The fourth-order valence-electron chi connectivity index (χ4n) is 3.54. The lowest BCUT2D eigenvalue weighted by atomic mass is 10.0. The van der Waals surface area contributed by atoms with Crippen molar-refractivity contribution in [2.45, 2.75) is 18.8 Å². The van der Waals surface area contributed by atoms with Gasteiger partial charge in [-0.2, -0.15) is 18.4 Å². The maximum Gasteiger partial charge on any atom is 0.416 e. The first-order valence-electron chi connectivity index (χ1n) is 9.42. The molecule has 0 radical (unpaired) electrons. The number of fused-ring (bicyclic) bond motifs is 1. The zero-order valence-corrected chi connectivity index (χ0v) is 17.4. The van der Waals surface area contributed by atoms with Crippen molar-refractivity contribution in [3.05, 3.63) is 81.3 Å². The number of carbonyl (C=O) groups excluding carboxylic acids is 2. The lowest BCUT2D eigenvalue weighted by Gasteiger charge is -2.27. The molecule has 2 N–H and O–H groups in total. The first-order valence-corrected chi connectivity index (χ1v) is 9.79. The number of alkyl halides is 3. The number of hydrogen-bond donors (Lipinski definition) is 2. The van der Waals surface area contributed by atoms with Gasteiger partial charge in [0.15, 0.2) is 5.82 Å². The molecule has 34 heavy (non-hydrogen) atoms. The molecule has 0 saturated carbocycles. The highest BCUT2D eigenvalue weighted by Gasteiger charge is 2.35. The number of nitriles is 1. The van der Waals surface area contributed by atoms with Gasteiger partial charge >= 0.3 is 6.18 Å². The summed E-state index contributed by atoms with van der Waals surface area (Å²) in [6, 6.07) is 5.24. The van der Waals surface area contributed by atoms with Crippen LogP contribution in [0.4, 0.5) is 27.8 Å². The van der Waals surface area contributed by atoms with E-state index in [0.717, 1.165) is 16.7 Å². The first-order chi connectivity index (χ1) is 16.0. The Morgan fingerprint density at radius 3 is 2.62 bits per heavy atom. The Labute approximate surface area is 192 Å². The molecular weight excluding hydrogens is 485 g/mol. The van der Waals surface area contributed by atoms with Crippen LogP contribution in [0.3, 0.4) is 0 Å². The van der Waals surface area contributed by atoms with Crippen molar-refractivity contribution in [2.75, 3.05) is 5.32 Å². The topological polar surface area (TPSA) is 99.8 Å². The minimum absolute atomic E-state index is 0.0319. The molecule has 0 spiro atoms. The normalized spacial score (nSPS) is 15.3. The highest BCUT2D eigenvalue weighted by molar-refractivity contribution is 6.31. The Morgan fingerprint density at radius 2 is 1.94 bits per heavy atom. The molecule has 2 amide bonds. The molecule has 2 aromatic carbocycles. The van der Waals surface area contributed by atoms with Gasteiger partial charge in [-0.3, -0.25) is 9.59 Å². The molecule has 1 unspecified atom stereocenters. The van der Waals surface area contributed by atoms with Crippen molar-refractivity contribution in [3.63, 3.8) is 0 Å². The number of nitrogens with zero attached hydrogens (tertiary/aromatic N) is 3. The number of hydrogen-bond acceptors (Lipinski definition) is 4. The lowest BCUT2D eigenvalue weighted by molar-refractivity contribution is -0.137. The second-order valence-corrected chi connectivity index (χ2v) is 7.62. The van der Waals surface area contributed by atoms with Crippen molar-refractivity contribution in [1.29, 1.82) is 5.26 Å². The fourth-order valence-corrected chi connectivity index (χ4v) is 3.77. The molecule has 0 bridgehead atoms. The minimum atomic E-state index is -4.90. The van der Waals surface area contributed by atoms with Crippen molar-refractivity contribution in [3.8, 4) is 6.07 Å². The van der Waals surface area contributed by atoms with Crippen LogP contribution in [0.5, 0.6) is 0 Å². The van der Waals surface area contributed by atoms with Crippen molar-refractivity contribution < 1.29 is 31.5 Å². The summed E-state index contributed by atoms with van der Waals surface area (Å²) >= 11 is 6.17. The molecule has 0 aliphatic carbocycles. The number of aromatic nitrogens is 2. The molecular formula is C21H11ClF5N5O2. The zero-order chi connectivity index (χ0) is 24.8. The average molecular weight is 496 g/mol. The van der Waals surface area contributed by atoms with Gasteiger partial charge in [0.25, 0.3) is 5.91 Å². The van der Waals surface area contributed by atoms with Gasteiger partial charge in [-0.05, 0) is 36.4 Å². The summed E-state index contributed by atoms with van der Waals surface area (Å²) in [5, 5.41) is 14.3. The molecule has 0 fully saturated rings. The van der Waals surface area contributed by atoms with Crippen LogP contribution in [0.1, 0.15) is 39.0 Å². The number of carbonyl (C=O) groups is 2. The van der Waals surface area contributed by atoms with Gasteiger partial charge in [0.2, 0.25) is 11.7 Å². The molecule has 1 atom stereocenters. The number of imidazole rings is 1. The van der Waals surface area contributed by atoms with Crippen LogP contribution >= 0.6 is 11.6 Å². The summed E-state index contributed by atoms with van der Waals surface area (Å²) < 4.78 is 67.9. The van der Waals surface area contributed by atoms with E-state index in [2.05, 4.69) is 15.6 Å². The van der Waals surface area contributed by atoms with Crippen LogP contribution in [0.25, 0.3) is 0 Å². The Balaban J connectivity index is 1.80. The number of halogens is 6. The number of rotatable bonds is 3. The molecule has 1 aliphatic heterocycles. The highest BCUT2D eigenvalue weighted by atomic mass is 35.5. The summed E-state index contributed by atoms with van der Waals surface area (Å²) in [5.74, 6) is -4.30. The van der Waals surface area contributed by atoms with Crippen LogP contribution in [0, 0.1) is 23.0 Å². The molecule has 0 saturated heterocycles. The predicted molar refractivity (Wildman–Crippen MR) is 108 cm³/mol. The van der Waals surface area contributed by atoms with E-state index in [4.69, 9.17) is 11.6 Å². The Hall–Kier alpha value is -3.98. The Kier molecular flexibility index (Phi) is 5.74. The maximum absolute atomic E-state index is 13.9. The summed E-state index contributed by atoms with van der Waals surface area (Å²) in [4.78, 5) is 28.9. The molecule has 1 aromatic heterocycles. The largest absolute Gasteiger partial charge is 0.416 e. The second-order valence-electron chi connectivity index (χ2n) is 7.21. The molecule has 7 nitrogen and oxygen atoms in total. The quantitative estimate of drug-likeness (QED) is 0.533. The Morgan fingerprint density at radius 1 is 1.21 bits per heavy atom. The van der Waals surface area contributed by atoms with Crippen LogP contribution < -0.4 is 10.6 Å². The summed E-state index contributed by atoms with van der Waals surface area (Å²) in [6.07, 6.45) is -4.90. The molecule has 1 aliphatic rings. The van der Waals surface area contributed by atoms with E-state index >= 15 is 0 Å². The van der Waals surface area contributed by atoms with Gasteiger partial charge in [0.1, 0.15) is 24.2 Å². The molecule has 3 aromatic rings. The number of nitrogens with one attached hydrogen (secondary N) is 2. The van der Waals surface area contributed by atoms with Gasteiger partial charge in [-0.25, -0.2) is 13.8 Å². The van der Waals surface area contributed by atoms with Crippen LogP contribution in [-0.2, 0) is 17.5 Å². The lowest BCUT2D eigenvalue weighted by Crippen LogP contribution is -2.39. The number of anilines is 1. The smallest absolute Gasteiger partial charge is 0.342 e. The second kappa shape index (κ2) is 8.42. The van der Waals surface area contributed by atoms with E-state index < -0.39 is 46.8 Å². The van der Waals surface area contributed by atoms with Gasteiger partial charge in [-0.1, -0.05) is 11.6 Å². The molecule has 174 valence electrons. The molecule has 4 rings (SSSR count). The van der Waals surface area contributed by atoms with Crippen LogP contribution in [0.15, 0.2) is 36.4 Å². The zero-order valence-electron chi connectivity index (χ0n) is 16.7. The van der Waals surface area contributed by atoms with Crippen molar-refractivity contribution in [2.24, 2.45) is 0 Å². The SMILES string of the molecule is N#Cc1nc(NC(=O)c2cc(F)cc(C(F)(F)F)c2)c2n1CC(=O)NC2c1cc(F)ccc1Cl. The van der Waals surface area contributed by atoms with Gasteiger partial charge in [-0.15, -0.1) is 0 Å². The van der Waals surface area contributed by atoms with E-state index in [9.17, 15) is 36.8 Å². The van der Waals surface area contributed by atoms with Crippen molar-refractivity contribution in [1.82, 2.24) is 14.9 Å². The van der Waals surface area contributed by atoms with E-state index in [0.29, 0.717) is 12.1 Å². The minimum Gasteiger partial charge on any atom is -0.342 e. The van der Waals surface area contributed by atoms with E-state index in [-0.39, 0.29) is 40.5 Å². The summed E-state index contributed by atoms with van der Waals surface area (Å²) in [5.41, 5.74) is -1.92. The Bertz CT molecular complexity index is 1380. The van der Waals surface area contributed by atoms with Crippen LogP contribution in [0.2, 0.25) is 5.02 Å². The third-order valence-corrected chi connectivity index (χ3v) is 5.32. The van der Waals surface area contributed by atoms with E-state index in [1.165, 1.54) is 6.07 Å². The first kappa shape index (κ1) is 23.2. The number of amides is 2. The molecule has 13 heteroatoms. The van der Waals surface area contributed by atoms with Gasteiger partial charge in [0, 0.05) is 16.1 Å². The molecule has 2 heterocycles. The van der Waals surface area contributed by atoms with E-state index in [1.807, 2.05) is 0 Å². The standard InChI is InChI=1S/C21H11ClF5N5O2/c22-14-2-1-11(23)6-13(14)17-18-19(29-15(7-28)32(18)8-16(33)30-17)31-20(34)9-3-10(21(25,26)27)5-12(24)4-9/h1-6,17H,8H2,(H,30,33)(H,31,34). The van der Waals surface area contributed by atoms with Gasteiger partial charge in [0.05, 0.1) is 17.3 Å². The van der Waals surface area contributed by atoms with Crippen molar-refractivity contribution >= 4 is 29.2 Å². The summed E-state index contributed by atoms with van der Waals surface area (Å²) in [7, 11) is 0. The van der Waals surface area contributed by atoms with E-state index in [1.54, 1.807) is 6.07 Å².